The highest BCUT2D eigenvalue weighted by Crippen LogP contribution is 2.27. The van der Waals surface area contributed by atoms with Crippen molar-refractivity contribution >= 4 is 27.5 Å². The summed E-state index contributed by atoms with van der Waals surface area (Å²) in [4.78, 5) is 28.8. The van der Waals surface area contributed by atoms with Crippen LogP contribution < -0.4 is 19.1 Å². The minimum atomic E-state index is -4.33. The second kappa shape index (κ2) is 15.4. The number of carbonyl (C=O) groups excluding carboxylic acids is 2. The van der Waals surface area contributed by atoms with Crippen molar-refractivity contribution in [2.45, 2.75) is 64.1 Å². The molecule has 0 bridgehead atoms. The molecule has 3 aromatic carbocycles. The number of halogens is 1. The number of hydrogen-bond acceptors (Lipinski definition) is 6. The highest BCUT2D eigenvalue weighted by Gasteiger charge is 2.34. The van der Waals surface area contributed by atoms with Crippen LogP contribution in [0.5, 0.6) is 11.5 Å². The lowest BCUT2D eigenvalue weighted by atomic mass is 10.1. The Morgan fingerprint density at radius 1 is 0.930 bits per heavy atom. The van der Waals surface area contributed by atoms with Gasteiger partial charge in [0.25, 0.3) is 10.0 Å². The van der Waals surface area contributed by atoms with Crippen LogP contribution in [0.1, 0.15) is 46.1 Å². The summed E-state index contributed by atoms with van der Waals surface area (Å²) in [5.74, 6) is -0.401. The first kappa shape index (κ1) is 33.4. The van der Waals surface area contributed by atoms with Gasteiger partial charge in [-0.25, -0.2) is 12.8 Å². The normalized spacial score (nSPS) is 12.6. The van der Waals surface area contributed by atoms with E-state index in [0.29, 0.717) is 36.5 Å². The number of benzene rings is 3. The van der Waals surface area contributed by atoms with E-state index >= 15 is 0 Å². The monoisotopic (exact) mass is 613 g/mol. The first-order valence-corrected chi connectivity index (χ1v) is 15.7. The van der Waals surface area contributed by atoms with Crippen LogP contribution in [0.25, 0.3) is 0 Å². The van der Waals surface area contributed by atoms with E-state index in [1.54, 1.807) is 49.4 Å². The predicted octanol–water partition coefficient (Wildman–Crippen LogP) is 5.15. The molecule has 232 valence electrons. The molecule has 43 heavy (non-hydrogen) atoms. The zero-order valence-corrected chi connectivity index (χ0v) is 26.1. The average Bonchev–Trinajstić information content (AvgIpc) is 3.00. The summed E-state index contributed by atoms with van der Waals surface area (Å²) in [6.45, 7) is 7.30. The molecule has 2 amide bonds. The van der Waals surface area contributed by atoms with Gasteiger partial charge in [-0.1, -0.05) is 26.0 Å². The van der Waals surface area contributed by atoms with Gasteiger partial charge in [0.05, 0.1) is 24.3 Å². The van der Waals surface area contributed by atoms with E-state index in [0.717, 1.165) is 28.6 Å². The molecular weight excluding hydrogens is 573 g/mol. The van der Waals surface area contributed by atoms with Crippen molar-refractivity contribution in [1.82, 2.24) is 10.2 Å². The minimum Gasteiger partial charge on any atom is -0.497 e. The molecule has 0 heterocycles. The van der Waals surface area contributed by atoms with E-state index < -0.39 is 34.3 Å². The fourth-order valence-corrected chi connectivity index (χ4v) is 5.88. The summed E-state index contributed by atoms with van der Waals surface area (Å²) in [5, 5.41) is 2.95. The number of ether oxygens (including phenoxy) is 2. The van der Waals surface area contributed by atoms with Crippen molar-refractivity contribution in [3.05, 3.63) is 84.2 Å². The molecule has 0 saturated carbocycles. The first-order chi connectivity index (χ1) is 20.5. The maximum absolute atomic E-state index is 14.2. The van der Waals surface area contributed by atoms with Gasteiger partial charge in [0.15, 0.2) is 0 Å². The first-order valence-electron chi connectivity index (χ1n) is 14.3. The lowest BCUT2D eigenvalue weighted by Crippen LogP contribution is -2.53. The average molecular weight is 614 g/mol. The van der Waals surface area contributed by atoms with Gasteiger partial charge in [-0.3, -0.25) is 13.9 Å². The predicted molar refractivity (Wildman–Crippen MR) is 164 cm³/mol. The van der Waals surface area contributed by atoms with Crippen LogP contribution in [-0.2, 0) is 26.2 Å². The van der Waals surface area contributed by atoms with Crippen LogP contribution in [0.15, 0.2) is 77.7 Å². The quantitative estimate of drug-likeness (QED) is 0.254. The molecule has 0 aromatic heterocycles. The van der Waals surface area contributed by atoms with Crippen LogP contribution in [0.4, 0.5) is 10.1 Å². The van der Waals surface area contributed by atoms with Crippen LogP contribution in [0.2, 0.25) is 0 Å². The highest BCUT2D eigenvalue weighted by atomic mass is 32.2. The number of rotatable bonds is 15. The van der Waals surface area contributed by atoms with Crippen LogP contribution in [0.3, 0.4) is 0 Å². The number of hydrogen-bond donors (Lipinski definition) is 1. The Morgan fingerprint density at radius 2 is 1.60 bits per heavy atom. The molecule has 11 heteroatoms. The standard InChI is InChI=1S/C32H40FN3O6S/c1-6-23(4)34-32(38)30(7-2)35(21-24-10-9-11-28(20-24)41-5)31(37)22-36(26-14-16-27(17-15-26)42-8-3)43(39,40)29-18-12-25(33)13-19-29/h9-20,23,30H,6-8,21-22H2,1-5H3,(H,34,38)/t23-,30+/m1/s1. The molecule has 0 aliphatic carbocycles. The third kappa shape index (κ3) is 8.70. The summed E-state index contributed by atoms with van der Waals surface area (Å²) in [7, 11) is -2.79. The lowest BCUT2D eigenvalue weighted by Gasteiger charge is -2.33. The van der Waals surface area contributed by atoms with Gasteiger partial charge in [-0.2, -0.15) is 0 Å². The van der Waals surface area contributed by atoms with E-state index in [1.807, 2.05) is 26.8 Å². The Morgan fingerprint density at radius 3 is 2.19 bits per heavy atom. The van der Waals surface area contributed by atoms with Gasteiger partial charge in [0, 0.05) is 12.6 Å². The van der Waals surface area contributed by atoms with E-state index in [9.17, 15) is 22.4 Å². The number of amides is 2. The smallest absolute Gasteiger partial charge is 0.264 e. The molecule has 0 spiro atoms. The second-order valence-corrected chi connectivity index (χ2v) is 11.9. The largest absolute Gasteiger partial charge is 0.497 e. The van der Waals surface area contributed by atoms with Gasteiger partial charge in [-0.15, -0.1) is 0 Å². The fraction of sp³-hybridized carbons (Fsp3) is 0.375. The molecule has 0 aliphatic rings. The van der Waals surface area contributed by atoms with Crippen molar-refractivity contribution in [2.75, 3.05) is 24.6 Å². The maximum Gasteiger partial charge on any atom is 0.264 e. The molecule has 3 aromatic rings. The Kier molecular flexibility index (Phi) is 11.9. The number of nitrogens with zero attached hydrogens (tertiary/aromatic N) is 2. The zero-order valence-electron chi connectivity index (χ0n) is 25.2. The van der Waals surface area contributed by atoms with E-state index in [-0.39, 0.29) is 29.1 Å². The number of nitrogens with one attached hydrogen (secondary N) is 1. The molecule has 0 radical (unpaired) electrons. The Hall–Kier alpha value is -4.12. The third-order valence-electron chi connectivity index (χ3n) is 6.99. The third-order valence-corrected chi connectivity index (χ3v) is 8.78. The number of anilines is 1. The minimum absolute atomic E-state index is 0.0379. The summed E-state index contributed by atoms with van der Waals surface area (Å²) in [6, 6.07) is 16.8. The zero-order chi connectivity index (χ0) is 31.6. The summed E-state index contributed by atoms with van der Waals surface area (Å²) >= 11 is 0. The van der Waals surface area contributed by atoms with Gasteiger partial charge >= 0.3 is 0 Å². The van der Waals surface area contributed by atoms with Crippen molar-refractivity contribution in [1.29, 1.82) is 0 Å². The van der Waals surface area contributed by atoms with E-state index in [4.69, 9.17) is 9.47 Å². The molecule has 0 fully saturated rings. The van der Waals surface area contributed by atoms with Crippen molar-refractivity contribution in [3.8, 4) is 11.5 Å². The summed E-state index contributed by atoms with van der Waals surface area (Å²) in [6.07, 6.45) is 0.999. The number of methoxy groups -OCH3 is 1. The maximum atomic E-state index is 14.2. The van der Waals surface area contributed by atoms with Crippen molar-refractivity contribution < 1.29 is 31.9 Å². The Labute approximate surface area is 253 Å². The number of sulfonamides is 1. The van der Waals surface area contributed by atoms with Crippen LogP contribution in [-0.4, -0.2) is 57.5 Å². The Bertz CT molecular complexity index is 1470. The Balaban J connectivity index is 2.07. The summed E-state index contributed by atoms with van der Waals surface area (Å²) in [5.41, 5.74) is 0.913. The van der Waals surface area contributed by atoms with E-state index in [1.165, 1.54) is 12.0 Å². The van der Waals surface area contributed by atoms with Crippen molar-refractivity contribution in [2.24, 2.45) is 0 Å². The molecule has 2 atom stereocenters. The van der Waals surface area contributed by atoms with Crippen molar-refractivity contribution in [3.63, 3.8) is 0 Å². The highest BCUT2D eigenvalue weighted by molar-refractivity contribution is 7.92. The lowest BCUT2D eigenvalue weighted by molar-refractivity contribution is -0.140. The topological polar surface area (TPSA) is 105 Å². The molecule has 0 saturated heterocycles. The molecule has 9 nitrogen and oxygen atoms in total. The SMILES string of the molecule is CCOc1ccc(N(CC(=O)N(Cc2cccc(OC)c2)[C@@H](CC)C(=O)N[C@H](C)CC)S(=O)(=O)c2ccc(F)cc2)cc1. The second-order valence-electron chi connectivity index (χ2n) is 10.0. The van der Waals surface area contributed by atoms with E-state index in [2.05, 4.69) is 5.32 Å². The van der Waals surface area contributed by atoms with Gasteiger partial charge in [0.1, 0.15) is 29.9 Å². The summed E-state index contributed by atoms with van der Waals surface area (Å²) < 4.78 is 53.3. The molecule has 3 rings (SSSR count). The van der Waals surface area contributed by atoms with Crippen LogP contribution >= 0.6 is 0 Å². The van der Waals surface area contributed by atoms with Gasteiger partial charge in [0.2, 0.25) is 11.8 Å². The molecule has 1 N–H and O–H groups in total. The van der Waals surface area contributed by atoms with Crippen LogP contribution in [0, 0.1) is 5.82 Å². The van der Waals surface area contributed by atoms with Gasteiger partial charge in [-0.05, 0) is 92.9 Å². The number of carbonyl (C=O) groups is 2. The molecule has 0 aliphatic heterocycles. The molecular formula is C32H40FN3O6S. The molecule has 0 unspecified atom stereocenters. The van der Waals surface area contributed by atoms with Gasteiger partial charge < -0.3 is 19.7 Å². The fourth-order valence-electron chi connectivity index (χ4n) is 4.47.